The maximum Gasteiger partial charge on any atom is 0.262 e. The Bertz CT molecular complexity index is 1240. The molecule has 1 aliphatic carbocycles. The zero-order valence-electron chi connectivity index (χ0n) is 19.5. The summed E-state index contributed by atoms with van der Waals surface area (Å²) in [6.45, 7) is 0.450. The van der Waals surface area contributed by atoms with Gasteiger partial charge < -0.3 is 14.8 Å². The summed E-state index contributed by atoms with van der Waals surface area (Å²) in [5.41, 5.74) is 2.13. The van der Waals surface area contributed by atoms with Gasteiger partial charge in [0.05, 0.1) is 18.3 Å². The van der Waals surface area contributed by atoms with Gasteiger partial charge >= 0.3 is 0 Å². The van der Waals surface area contributed by atoms with Gasteiger partial charge in [0.1, 0.15) is 34.4 Å². The van der Waals surface area contributed by atoms with Crippen molar-refractivity contribution in [2.24, 2.45) is 0 Å². The summed E-state index contributed by atoms with van der Waals surface area (Å²) in [6, 6.07) is 23.0. The molecule has 1 aromatic heterocycles. The number of nitriles is 1. The average Bonchev–Trinajstić information content (AvgIpc) is 3.36. The van der Waals surface area contributed by atoms with Crippen LogP contribution in [0.15, 0.2) is 76.9 Å². The standard InChI is InChI=1S/C28H26BrN3O3/c1-34-24-11-7-20(8-12-24)19-35-25-13-9-22(10-14-25)28(15-2-3-16-28)32-27(33)21(18-30)17-23-5-4-6-26(29)31-23/h4-14,17H,2-3,15-16,19H2,1H3,(H,32,33)/b21-17+. The molecule has 0 atom stereocenters. The number of aromatic nitrogens is 1. The second-order valence-corrected chi connectivity index (χ2v) is 9.27. The lowest BCUT2D eigenvalue weighted by atomic mass is 9.87. The Labute approximate surface area is 213 Å². The highest BCUT2D eigenvalue weighted by molar-refractivity contribution is 9.10. The molecular formula is C28H26BrN3O3. The van der Waals surface area contributed by atoms with Crippen molar-refractivity contribution >= 4 is 27.9 Å². The molecule has 1 N–H and O–H groups in total. The summed E-state index contributed by atoms with van der Waals surface area (Å²) in [7, 11) is 1.64. The molecule has 6 nitrogen and oxygen atoms in total. The lowest BCUT2D eigenvalue weighted by molar-refractivity contribution is -0.119. The molecule has 4 rings (SSSR count). The van der Waals surface area contributed by atoms with Gasteiger partial charge in [0.15, 0.2) is 0 Å². The fourth-order valence-electron chi connectivity index (χ4n) is 4.31. The Morgan fingerprint density at radius 3 is 2.40 bits per heavy atom. The Kier molecular flexibility index (Phi) is 7.84. The smallest absolute Gasteiger partial charge is 0.262 e. The second kappa shape index (κ2) is 11.2. The SMILES string of the molecule is COc1ccc(COc2ccc(C3(NC(=O)/C(C#N)=C/c4cccc(Br)n4)CCCC3)cc2)cc1. The van der Waals surface area contributed by atoms with Crippen molar-refractivity contribution in [2.45, 2.75) is 37.8 Å². The quantitative estimate of drug-likeness (QED) is 0.221. The van der Waals surface area contributed by atoms with E-state index in [0.29, 0.717) is 16.9 Å². The monoisotopic (exact) mass is 531 g/mol. The molecule has 0 saturated heterocycles. The third kappa shape index (κ3) is 6.09. The summed E-state index contributed by atoms with van der Waals surface area (Å²) in [4.78, 5) is 17.4. The van der Waals surface area contributed by atoms with Crippen molar-refractivity contribution in [1.82, 2.24) is 10.3 Å². The van der Waals surface area contributed by atoms with Gasteiger partial charge in [-0.2, -0.15) is 5.26 Å². The van der Waals surface area contributed by atoms with Gasteiger partial charge in [-0.1, -0.05) is 43.2 Å². The van der Waals surface area contributed by atoms with Gasteiger partial charge in [0.25, 0.3) is 5.91 Å². The lowest BCUT2D eigenvalue weighted by Gasteiger charge is -2.31. The number of pyridine rings is 1. The molecule has 0 unspecified atom stereocenters. The molecule has 1 heterocycles. The van der Waals surface area contributed by atoms with Crippen LogP contribution in [0.25, 0.3) is 6.08 Å². The highest BCUT2D eigenvalue weighted by atomic mass is 79.9. The lowest BCUT2D eigenvalue weighted by Crippen LogP contribution is -2.44. The Morgan fingerprint density at radius 1 is 1.09 bits per heavy atom. The van der Waals surface area contributed by atoms with Crippen LogP contribution in [0.5, 0.6) is 11.5 Å². The largest absolute Gasteiger partial charge is 0.497 e. The van der Waals surface area contributed by atoms with E-state index < -0.39 is 11.4 Å². The van der Waals surface area contributed by atoms with Crippen molar-refractivity contribution in [3.8, 4) is 17.6 Å². The number of carbonyl (C=O) groups excluding carboxylic acids is 1. The van der Waals surface area contributed by atoms with Crippen LogP contribution in [0.3, 0.4) is 0 Å². The topological polar surface area (TPSA) is 84.2 Å². The van der Waals surface area contributed by atoms with Crippen molar-refractivity contribution < 1.29 is 14.3 Å². The first kappa shape index (κ1) is 24.5. The first-order chi connectivity index (χ1) is 17.0. The van der Waals surface area contributed by atoms with E-state index in [4.69, 9.17) is 9.47 Å². The van der Waals surface area contributed by atoms with E-state index in [1.807, 2.05) is 60.7 Å². The van der Waals surface area contributed by atoms with Gasteiger partial charge in [-0.15, -0.1) is 0 Å². The molecule has 1 saturated carbocycles. The third-order valence-electron chi connectivity index (χ3n) is 6.18. The van der Waals surface area contributed by atoms with E-state index in [9.17, 15) is 10.1 Å². The van der Waals surface area contributed by atoms with E-state index in [1.165, 1.54) is 6.08 Å². The van der Waals surface area contributed by atoms with Crippen molar-refractivity contribution in [1.29, 1.82) is 5.26 Å². The summed E-state index contributed by atoms with van der Waals surface area (Å²) in [6.07, 6.45) is 5.17. The highest BCUT2D eigenvalue weighted by Crippen LogP contribution is 2.39. The maximum absolute atomic E-state index is 13.1. The molecule has 178 valence electrons. The summed E-state index contributed by atoms with van der Waals surface area (Å²) >= 11 is 3.32. The van der Waals surface area contributed by atoms with Gasteiger partial charge in [-0.25, -0.2) is 4.98 Å². The molecular weight excluding hydrogens is 506 g/mol. The molecule has 1 amide bonds. The molecule has 0 radical (unpaired) electrons. The first-order valence-electron chi connectivity index (χ1n) is 11.4. The van der Waals surface area contributed by atoms with E-state index in [1.54, 1.807) is 19.2 Å². The average molecular weight is 532 g/mol. The van der Waals surface area contributed by atoms with Gasteiger partial charge in [-0.3, -0.25) is 4.79 Å². The number of rotatable bonds is 8. The number of halogens is 1. The van der Waals surface area contributed by atoms with Crippen LogP contribution in [-0.4, -0.2) is 18.0 Å². The van der Waals surface area contributed by atoms with E-state index in [2.05, 4.69) is 26.2 Å². The number of amides is 1. The molecule has 1 aliphatic rings. The number of hydrogen-bond donors (Lipinski definition) is 1. The molecule has 0 aliphatic heterocycles. The predicted octanol–water partition coefficient (Wildman–Crippen LogP) is 5.92. The minimum atomic E-state index is -0.508. The van der Waals surface area contributed by atoms with Crippen molar-refractivity contribution in [3.63, 3.8) is 0 Å². The second-order valence-electron chi connectivity index (χ2n) is 8.46. The van der Waals surface area contributed by atoms with Crippen LogP contribution in [0.2, 0.25) is 0 Å². The van der Waals surface area contributed by atoms with E-state index >= 15 is 0 Å². The molecule has 3 aromatic rings. The fourth-order valence-corrected chi connectivity index (χ4v) is 4.67. The van der Waals surface area contributed by atoms with Crippen LogP contribution < -0.4 is 14.8 Å². The molecule has 0 bridgehead atoms. The zero-order valence-corrected chi connectivity index (χ0v) is 21.0. The first-order valence-corrected chi connectivity index (χ1v) is 12.2. The number of nitrogens with one attached hydrogen (secondary N) is 1. The Balaban J connectivity index is 1.47. The normalized spacial score (nSPS) is 14.7. The minimum Gasteiger partial charge on any atom is -0.497 e. The Hall–Kier alpha value is -3.63. The predicted molar refractivity (Wildman–Crippen MR) is 138 cm³/mol. The highest BCUT2D eigenvalue weighted by Gasteiger charge is 2.37. The minimum absolute atomic E-state index is 0.0290. The Morgan fingerprint density at radius 2 is 1.77 bits per heavy atom. The van der Waals surface area contributed by atoms with Gasteiger partial charge in [-0.05, 0) is 82.4 Å². The molecule has 0 spiro atoms. The van der Waals surface area contributed by atoms with E-state index in [-0.39, 0.29) is 5.57 Å². The maximum atomic E-state index is 13.1. The molecule has 2 aromatic carbocycles. The number of methoxy groups -OCH3 is 1. The molecule has 7 heteroatoms. The number of carbonyl (C=O) groups is 1. The zero-order chi connectivity index (χ0) is 24.7. The summed E-state index contributed by atoms with van der Waals surface area (Å²) in [5.74, 6) is 1.17. The van der Waals surface area contributed by atoms with Crippen LogP contribution in [0.4, 0.5) is 0 Å². The van der Waals surface area contributed by atoms with Crippen LogP contribution in [0.1, 0.15) is 42.5 Å². The fraction of sp³-hybridized carbons (Fsp3) is 0.250. The van der Waals surface area contributed by atoms with Gasteiger partial charge in [0.2, 0.25) is 0 Å². The number of hydrogen-bond acceptors (Lipinski definition) is 5. The van der Waals surface area contributed by atoms with Crippen molar-refractivity contribution in [2.75, 3.05) is 7.11 Å². The van der Waals surface area contributed by atoms with Crippen LogP contribution in [-0.2, 0) is 16.9 Å². The molecule has 1 fully saturated rings. The number of nitrogens with zero attached hydrogens (tertiary/aromatic N) is 2. The van der Waals surface area contributed by atoms with E-state index in [0.717, 1.165) is 48.3 Å². The van der Waals surface area contributed by atoms with Gasteiger partial charge in [0, 0.05) is 0 Å². The summed E-state index contributed by atoms with van der Waals surface area (Å²) < 4.78 is 11.8. The van der Waals surface area contributed by atoms with Crippen LogP contribution >= 0.6 is 15.9 Å². The summed E-state index contributed by atoms with van der Waals surface area (Å²) in [5, 5.41) is 12.8. The molecule has 35 heavy (non-hydrogen) atoms. The van der Waals surface area contributed by atoms with Crippen LogP contribution in [0, 0.1) is 11.3 Å². The third-order valence-corrected chi connectivity index (χ3v) is 6.62. The number of benzene rings is 2. The number of ether oxygens (including phenoxy) is 2. The van der Waals surface area contributed by atoms with Crippen molar-refractivity contribution in [3.05, 3.63) is 93.7 Å².